The second-order valence-corrected chi connectivity index (χ2v) is 4.89. The van der Waals surface area contributed by atoms with Crippen molar-refractivity contribution in [2.24, 2.45) is 0 Å². The van der Waals surface area contributed by atoms with Crippen LogP contribution in [0.2, 0.25) is 12.6 Å². The number of benzene rings is 1. The second kappa shape index (κ2) is 5.21. The van der Waals surface area contributed by atoms with Crippen LogP contribution in [0, 0.1) is 0 Å². The molecule has 0 amide bonds. The third-order valence-corrected chi connectivity index (χ3v) is 3.35. The van der Waals surface area contributed by atoms with Gasteiger partial charge in [0, 0.05) is 9.52 Å². The minimum absolute atomic E-state index is 0.670. The highest BCUT2D eigenvalue weighted by Crippen LogP contribution is 2.31. The fourth-order valence-corrected chi connectivity index (χ4v) is 2.24. The molecule has 0 aliphatic carbocycles. The number of aryl methyl sites for hydroxylation is 1. The zero-order valence-corrected chi connectivity index (χ0v) is 10.1. The summed E-state index contributed by atoms with van der Waals surface area (Å²) in [5.74, 6) is 1.81. The minimum atomic E-state index is 0.670. The molecule has 0 saturated heterocycles. The van der Waals surface area contributed by atoms with Crippen molar-refractivity contribution in [2.75, 3.05) is 13.2 Å². The Hall–Kier alpha value is -0.963. The third-order valence-electron chi connectivity index (χ3n) is 2.50. The van der Waals surface area contributed by atoms with Gasteiger partial charge in [0.1, 0.15) is 13.2 Å². The van der Waals surface area contributed by atoms with E-state index in [0.29, 0.717) is 13.2 Å². The third kappa shape index (κ3) is 2.75. The molecule has 0 unspecified atom stereocenters. The molecule has 1 aliphatic heterocycles. The first kappa shape index (κ1) is 10.6. The molecule has 80 valence electrons. The summed E-state index contributed by atoms with van der Waals surface area (Å²) in [6.45, 7) is 3.60. The van der Waals surface area contributed by atoms with Crippen molar-refractivity contribution in [2.45, 2.75) is 25.4 Å². The SMILES string of the molecule is C[Si]CCCc1ccc2c(c1)OCCO2. The molecule has 0 fully saturated rings. The van der Waals surface area contributed by atoms with E-state index in [1.54, 1.807) is 0 Å². The number of hydrogen-bond donors (Lipinski definition) is 0. The highest BCUT2D eigenvalue weighted by molar-refractivity contribution is 6.33. The summed E-state index contributed by atoms with van der Waals surface area (Å²) in [5, 5.41) is 0. The van der Waals surface area contributed by atoms with Crippen LogP contribution >= 0.6 is 0 Å². The molecule has 1 heterocycles. The Labute approximate surface area is 93.4 Å². The zero-order chi connectivity index (χ0) is 10.5. The topological polar surface area (TPSA) is 18.5 Å². The van der Waals surface area contributed by atoms with Gasteiger partial charge in [0.05, 0.1) is 0 Å². The predicted molar refractivity (Wildman–Crippen MR) is 62.2 cm³/mol. The molecule has 3 heteroatoms. The van der Waals surface area contributed by atoms with E-state index in [2.05, 4.69) is 18.7 Å². The zero-order valence-electron chi connectivity index (χ0n) is 9.08. The summed E-state index contributed by atoms with van der Waals surface area (Å²) >= 11 is 0. The van der Waals surface area contributed by atoms with Crippen molar-refractivity contribution in [3.63, 3.8) is 0 Å². The highest BCUT2D eigenvalue weighted by atomic mass is 28.2. The van der Waals surface area contributed by atoms with Gasteiger partial charge in [-0.25, -0.2) is 0 Å². The fraction of sp³-hybridized carbons (Fsp3) is 0.500. The summed E-state index contributed by atoms with van der Waals surface area (Å²) in [5.41, 5.74) is 1.36. The summed E-state index contributed by atoms with van der Waals surface area (Å²) in [6, 6.07) is 7.62. The van der Waals surface area contributed by atoms with Crippen molar-refractivity contribution >= 4 is 9.52 Å². The summed E-state index contributed by atoms with van der Waals surface area (Å²) < 4.78 is 11.0. The highest BCUT2D eigenvalue weighted by Gasteiger charge is 2.11. The first-order valence-electron chi connectivity index (χ1n) is 5.43. The molecule has 1 aromatic carbocycles. The Morgan fingerprint density at radius 2 is 2.00 bits per heavy atom. The van der Waals surface area contributed by atoms with Crippen molar-refractivity contribution in [1.29, 1.82) is 0 Å². The molecule has 1 aliphatic rings. The van der Waals surface area contributed by atoms with Gasteiger partial charge in [-0.15, -0.1) is 0 Å². The van der Waals surface area contributed by atoms with E-state index in [4.69, 9.17) is 9.47 Å². The van der Waals surface area contributed by atoms with Gasteiger partial charge in [0.2, 0.25) is 0 Å². The maximum Gasteiger partial charge on any atom is 0.161 e. The predicted octanol–water partition coefficient (Wildman–Crippen LogP) is 2.56. The fourth-order valence-electron chi connectivity index (χ4n) is 1.71. The number of hydrogen-bond acceptors (Lipinski definition) is 2. The molecule has 0 N–H and O–H groups in total. The second-order valence-electron chi connectivity index (χ2n) is 3.69. The normalized spacial score (nSPS) is 13.9. The summed E-state index contributed by atoms with van der Waals surface area (Å²) in [4.78, 5) is 0. The van der Waals surface area contributed by atoms with Crippen molar-refractivity contribution < 1.29 is 9.47 Å². The molecule has 1 aromatic rings. The van der Waals surface area contributed by atoms with Gasteiger partial charge in [0.15, 0.2) is 11.5 Å². The Kier molecular flexibility index (Phi) is 3.67. The molecule has 2 rings (SSSR count). The van der Waals surface area contributed by atoms with Gasteiger partial charge < -0.3 is 9.47 Å². The van der Waals surface area contributed by atoms with Crippen LogP contribution in [-0.4, -0.2) is 22.7 Å². The standard InChI is InChI=1S/C12H16O2Si/c1-15-8-2-3-10-4-5-11-12(9-10)14-7-6-13-11/h4-5,9H,2-3,6-8H2,1H3. The average Bonchev–Trinajstić information content (AvgIpc) is 2.29. The lowest BCUT2D eigenvalue weighted by atomic mass is 10.1. The lowest BCUT2D eigenvalue weighted by Crippen LogP contribution is -2.15. The molecule has 0 atom stereocenters. The molecule has 15 heavy (non-hydrogen) atoms. The summed E-state index contributed by atoms with van der Waals surface area (Å²) in [7, 11) is 1.06. The van der Waals surface area contributed by atoms with E-state index in [1.807, 2.05) is 6.07 Å². The Bertz CT molecular complexity index is 325. The smallest absolute Gasteiger partial charge is 0.161 e. The van der Waals surface area contributed by atoms with E-state index in [1.165, 1.54) is 18.0 Å². The van der Waals surface area contributed by atoms with Crippen LogP contribution in [0.25, 0.3) is 0 Å². The lowest BCUT2D eigenvalue weighted by Gasteiger charge is -2.18. The lowest BCUT2D eigenvalue weighted by molar-refractivity contribution is 0.171. The van der Waals surface area contributed by atoms with Crippen LogP contribution in [0.4, 0.5) is 0 Å². The van der Waals surface area contributed by atoms with Gasteiger partial charge in [-0.1, -0.05) is 25.1 Å². The van der Waals surface area contributed by atoms with Crippen molar-refractivity contribution in [3.8, 4) is 11.5 Å². The average molecular weight is 220 g/mol. The Balaban J connectivity index is 2.00. The Morgan fingerprint density at radius 1 is 1.20 bits per heavy atom. The molecule has 0 spiro atoms. The van der Waals surface area contributed by atoms with Crippen LogP contribution in [0.5, 0.6) is 11.5 Å². The molecule has 0 saturated carbocycles. The van der Waals surface area contributed by atoms with Gasteiger partial charge in [0.25, 0.3) is 0 Å². The molecular formula is C12H16O2Si. The maximum atomic E-state index is 5.55. The van der Waals surface area contributed by atoms with Crippen LogP contribution in [0.1, 0.15) is 12.0 Å². The van der Waals surface area contributed by atoms with Crippen LogP contribution < -0.4 is 9.47 Å². The van der Waals surface area contributed by atoms with Crippen LogP contribution in [0.15, 0.2) is 18.2 Å². The van der Waals surface area contributed by atoms with Crippen molar-refractivity contribution in [1.82, 2.24) is 0 Å². The van der Waals surface area contributed by atoms with E-state index in [9.17, 15) is 0 Å². The van der Waals surface area contributed by atoms with Gasteiger partial charge in [-0.05, 0) is 24.1 Å². The van der Waals surface area contributed by atoms with Crippen molar-refractivity contribution in [3.05, 3.63) is 23.8 Å². The number of ether oxygens (including phenoxy) is 2. The number of fused-ring (bicyclic) bond motifs is 1. The van der Waals surface area contributed by atoms with E-state index >= 15 is 0 Å². The van der Waals surface area contributed by atoms with E-state index < -0.39 is 0 Å². The van der Waals surface area contributed by atoms with Crippen LogP contribution in [-0.2, 0) is 6.42 Å². The van der Waals surface area contributed by atoms with Crippen LogP contribution in [0.3, 0.4) is 0 Å². The Morgan fingerprint density at radius 3 is 2.80 bits per heavy atom. The van der Waals surface area contributed by atoms with Gasteiger partial charge in [-0.3, -0.25) is 0 Å². The monoisotopic (exact) mass is 220 g/mol. The first-order valence-corrected chi connectivity index (χ1v) is 7.14. The van der Waals surface area contributed by atoms with E-state index in [0.717, 1.165) is 27.4 Å². The molecule has 2 radical (unpaired) electrons. The van der Waals surface area contributed by atoms with E-state index in [-0.39, 0.29) is 0 Å². The quantitative estimate of drug-likeness (QED) is 0.573. The molecule has 2 nitrogen and oxygen atoms in total. The molecule has 0 bridgehead atoms. The first-order chi connectivity index (χ1) is 7.40. The molecule has 0 aromatic heterocycles. The summed E-state index contributed by atoms with van der Waals surface area (Å²) in [6.07, 6.45) is 2.42. The van der Waals surface area contributed by atoms with Gasteiger partial charge >= 0.3 is 0 Å². The van der Waals surface area contributed by atoms with Gasteiger partial charge in [-0.2, -0.15) is 0 Å². The largest absolute Gasteiger partial charge is 0.486 e. The minimum Gasteiger partial charge on any atom is -0.486 e. The molecular weight excluding hydrogens is 204 g/mol. The number of rotatable bonds is 4. The maximum absolute atomic E-state index is 5.55.